The van der Waals surface area contributed by atoms with Crippen molar-refractivity contribution in [2.75, 3.05) is 5.32 Å². The first kappa shape index (κ1) is 32.1. The Kier molecular flexibility index (Phi) is 8.98. The molecule has 5 aromatic rings. The molecule has 2 heterocycles. The third-order valence-corrected chi connectivity index (χ3v) is 8.73. The van der Waals surface area contributed by atoms with Crippen LogP contribution in [0.2, 0.25) is 0 Å². The van der Waals surface area contributed by atoms with E-state index in [4.69, 9.17) is 0 Å². The van der Waals surface area contributed by atoms with E-state index in [2.05, 4.69) is 20.9 Å². The normalized spacial score (nSPS) is 13.2. The molecule has 4 amide bonds. The van der Waals surface area contributed by atoms with Gasteiger partial charge in [-0.05, 0) is 59.9 Å². The summed E-state index contributed by atoms with van der Waals surface area (Å²) in [5.74, 6) is -1.59. The molecule has 0 saturated heterocycles. The summed E-state index contributed by atoms with van der Waals surface area (Å²) in [6.45, 7) is 3.52. The Morgan fingerprint density at radius 1 is 0.833 bits per heavy atom. The number of aromatic amines is 1. The first-order valence-electron chi connectivity index (χ1n) is 15.8. The van der Waals surface area contributed by atoms with Crippen LogP contribution in [0.15, 0.2) is 109 Å². The Hall–Kier alpha value is -5.90. The minimum atomic E-state index is -1.47. The summed E-state index contributed by atoms with van der Waals surface area (Å²) >= 11 is 0. The molecule has 0 radical (unpaired) electrons. The molecule has 1 atom stereocenters. The maximum absolute atomic E-state index is 14.1. The quantitative estimate of drug-likeness (QED) is 0.136. The fraction of sp³-hybridized carbons (Fsp3) is 0.211. The molecule has 0 bridgehead atoms. The highest BCUT2D eigenvalue weighted by atomic mass is 16.4. The molecule has 1 aliphatic heterocycles. The van der Waals surface area contributed by atoms with Crippen molar-refractivity contribution in [1.82, 2.24) is 20.5 Å². The van der Waals surface area contributed by atoms with Crippen molar-refractivity contribution in [2.45, 2.75) is 50.9 Å². The van der Waals surface area contributed by atoms with Crippen LogP contribution in [0.4, 0.5) is 10.5 Å². The number of rotatable bonds is 10. The third-order valence-electron chi connectivity index (χ3n) is 8.73. The number of para-hydroxylation sites is 1. The van der Waals surface area contributed by atoms with Gasteiger partial charge in [-0.15, -0.1) is 0 Å². The van der Waals surface area contributed by atoms with E-state index in [0.29, 0.717) is 12.2 Å². The van der Waals surface area contributed by atoms with Gasteiger partial charge in [0.25, 0.3) is 0 Å². The number of H-pyrrole nitrogens is 1. The second-order valence-corrected chi connectivity index (χ2v) is 12.6. The van der Waals surface area contributed by atoms with Crippen LogP contribution in [0.25, 0.3) is 10.9 Å². The second kappa shape index (κ2) is 13.4. The Morgan fingerprint density at radius 3 is 2.12 bits per heavy atom. The fourth-order valence-electron chi connectivity index (χ4n) is 6.23. The number of carbonyl (C=O) groups is 4. The van der Waals surface area contributed by atoms with E-state index in [1.165, 1.54) is 13.8 Å². The number of hydrogen-bond donors (Lipinski definition) is 5. The van der Waals surface area contributed by atoms with E-state index in [1.54, 1.807) is 4.90 Å². The molecule has 48 heavy (non-hydrogen) atoms. The largest absolute Gasteiger partial charge is 0.465 e. The molecule has 1 aromatic heterocycles. The van der Waals surface area contributed by atoms with E-state index >= 15 is 0 Å². The lowest BCUT2D eigenvalue weighted by atomic mass is 9.90. The molecule has 6 rings (SSSR count). The Bertz CT molecular complexity index is 1930. The first-order chi connectivity index (χ1) is 23.1. The number of aromatic nitrogens is 1. The highest BCUT2D eigenvalue weighted by Crippen LogP contribution is 2.30. The number of carbonyl (C=O) groups excluding carboxylic acids is 3. The number of nitrogens with one attached hydrogen (secondary N) is 4. The minimum Gasteiger partial charge on any atom is -0.465 e. The van der Waals surface area contributed by atoms with Gasteiger partial charge in [-0.25, -0.2) is 4.79 Å². The Labute approximate surface area is 278 Å². The molecule has 10 nitrogen and oxygen atoms in total. The molecule has 5 N–H and O–H groups in total. The zero-order valence-electron chi connectivity index (χ0n) is 26.7. The van der Waals surface area contributed by atoms with E-state index in [9.17, 15) is 24.3 Å². The van der Waals surface area contributed by atoms with Crippen molar-refractivity contribution in [3.8, 4) is 0 Å². The van der Waals surface area contributed by atoms with Crippen molar-refractivity contribution in [2.24, 2.45) is 0 Å². The van der Waals surface area contributed by atoms with Gasteiger partial charge >= 0.3 is 6.09 Å². The van der Waals surface area contributed by atoms with Gasteiger partial charge in [0, 0.05) is 42.3 Å². The van der Waals surface area contributed by atoms with Gasteiger partial charge in [0.15, 0.2) is 0 Å². The number of carboxylic acid groups (broad SMARTS) is 1. The molecule has 0 saturated carbocycles. The lowest BCUT2D eigenvalue weighted by Crippen LogP contribution is -2.59. The third kappa shape index (κ3) is 6.92. The monoisotopic (exact) mass is 643 g/mol. The highest BCUT2D eigenvalue weighted by Gasteiger charge is 2.36. The zero-order chi connectivity index (χ0) is 33.8. The average molecular weight is 644 g/mol. The molecular formula is C38H37N5O5. The van der Waals surface area contributed by atoms with Crippen LogP contribution in [0.1, 0.15) is 47.6 Å². The predicted molar refractivity (Wildman–Crippen MR) is 183 cm³/mol. The van der Waals surface area contributed by atoms with Crippen LogP contribution in [0.3, 0.4) is 0 Å². The molecule has 4 aromatic carbocycles. The van der Waals surface area contributed by atoms with Crippen LogP contribution < -0.4 is 16.0 Å². The van der Waals surface area contributed by atoms with Crippen molar-refractivity contribution in [3.05, 3.63) is 137 Å². The number of amides is 4. The summed E-state index contributed by atoms with van der Waals surface area (Å²) in [6.07, 6.45) is 0.682. The first-order valence-corrected chi connectivity index (χ1v) is 15.8. The van der Waals surface area contributed by atoms with Crippen LogP contribution >= 0.6 is 0 Å². The molecule has 0 unspecified atom stereocenters. The van der Waals surface area contributed by atoms with Crippen LogP contribution in [-0.2, 0) is 33.9 Å². The smallest absolute Gasteiger partial charge is 0.405 e. The lowest BCUT2D eigenvalue weighted by molar-refractivity contribution is -0.138. The molecule has 1 aliphatic rings. The summed E-state index contributed by atoms with van der Waals surface area (Å²) in [4.78, 5) is 57.4. The van der Waals surface area contributed by atoms with Crippen LogP contribution in [-0.4, -0.2) is 50.4 Å². The van der Waals surface area contributed by atoms with Gasteiger partial charge in [-0.3, -0.25) is 14.4 Å². The maximum Gasteiger partial charge on any atom is 0.405 e. The van der Waals surface area contributed by atoms with Crippen molar-refractivity contribution in [3.63, 3.8) is 0 Å². The number of benzene rings is 4. The summed E-state index contributed by atoms with van der Waals surface area (Å²) in [6, 6.07) is 31.6. The number of hydrogen-bond acceptors (Lipinski definition) is 4. The minimum absolute atomic E-state index is 0.169. The van der Waals surface area contributed by atoms with Crippen molar-refractivity contribution >= 4 is 40.4 Å². The number of fused-ring (bicyclic) bond motifs is 2. The van der Waals surface area contributed by atoms with Gasteiger partial charge in [-0.1, -0.05) is 84.9 Å². The fourth-order valence-corrected chi connectivity index (χ4v) is 6.23. The van der Waals surface area contributed by atoms with Gasteiger partial charge in [-0.2, -0.15) is 0 Å². The van der Waals surface area contributed by atoms with Crippen molar-refractivity contribution < 1.29 is 24.3 Å². The number of nitrogens with zero attached hydrogens (tertiary/aromatic N) is 1. The SMILES string of the molecule is CC(C)(NC(=O)O)C(=O)N[C@H](Cc1c[nH]c2ccccc12)C(=O)N1Cc2ccc(NC(=O)C(c3ccccc3)c3ccccc3)cc2C1. The molecule has 10 heteroatoms. The van der Waals surface area contributed by atoms with E-state index in [-0.39, 0.29) is 24.8 Å². The Balaban J connectivity index is 1.21. The summed E-state index contributed by atoms with van der Waals surface area (Å²) in [5.41, 5.74) is 4.49. The lowest BCUT2D eigenvalue weighted by Gasteiger charge is -2.29. The Morgan fingerprint density at radius 2 is 1.46 bits per heavy atom. The van der Waals surface area contributed by atoms with Gasteiger partial charge in [0.1, 0.15) is 11.6 Å². The molecule has 0 fully saturated rings. The van der Waals surface area contributed by atoms with Gasteiger partial charge in [0.2, 0.25) is 17.7 Å². The predicted octanol–water partition coefficient (Wildman–Crippen LogP) is 5.55. The highest BCUT2D eigenvalue weighted by molar-refractivity contribution is 5.98. The number of anilines is 1. The summed E-state index contributed by atoms with van der Waals surface area (Å²) in [5, 5.41) is 18.3. The molecule has 0 spiro atoms. The van der Waals surface area contributed by atoms with Crippen LogP contribution in [0.5, 0.6) is 0 Å². The second-order valence-electron chi connectivity index (χ2n) is 12.6. The maximum atomic E-state index is 14.1. The average Bonchev–Trinajstić information content (AvgIpc) is 3.68. The van der Waals surface area contributed by atoms with Gasteiger partial charge < -0.3 is 30.9 Å². The molecule has 0 aliphatic carbocycles. The van der Waals surface area contributed by atoms with E-state index in [1.807, 2.05) is 109 Å². The summed E-state index contributed by atoms with van der Waals surface area (Å²) in [7, 11) is 0. The zero-order valence-corrected chi connectivity index (χ0v) is 26.7. The van der Waals surface area contributed by atoms with Crippen molar-refractivity contribution in [1.29, 1.82) is 0 Å². The molecule has 244 valence electrons. The standard InChI is InChI=1S/C38H37N5O5/c1-38(2,42-37(47)48)36(46)41-32(20-27-21-39-31-16-10-9-15-30(27)31)35(45)43-22-26-17-18-29(19-28(26)23-43)40-34(44)33(24-11-5-3-6-12-24)25-13-7-4-8-14-25/h3-19,21,32-33,39,42H,20,22-23H2,1-2H3,(H,40,44)(H,41,46)(H,47,48)/t32-/m1/s1. The molecular weight excluding hydrogens is 606 g/mol. The van der Waals surface area contributed by atoms with E-state index in [0.717, 1.165) is 38.7 Å². The van der Waals surface area contributed by atoms with E-state index < -0.39 is 29.5 Å². The topological polar surface area (TPSA) is 144 Å². The summed E-state index contributed by atoms with van der Waals surface area (Å²) < 4.78 is 0. The van der Waals surface area contributed by atoms with Crippen LogP contribution in [0, 0.1) is 0 Å². The van der Waals surface area contributed by atoms with Gasteiger partial charge in [0.05, 0.1) is 5.92 Å².